The molecule has 2 aromatic rings. The van der Waals surface area contributed by atoms with E-state index >= 15 is 0 Å². The zero-order valence-corrected chi connectivity index (χ0v) is 15.8. The molecule has 2 nitrogen and oxygen atoms in total. The molecule has 0 saturated carbocycles. The van der Waals surface area contributed by atoms with Crippen molar-refractivity contribution in [1.29, 1.82) is 0 Å². The van der Waals surface area contributed by atoms with Crippen LogP contribution in [0.1, 0.15) is 19.4 Å². The maximum atomic E-state index is 4.46. The zero-order chi connectivity index (χ0) is 17.2. The molecule has 24 heavy (non-hydrogen) atoms. The molecule has 0 saturated heterocycles. The smallest absolute Gasteiger partial charge is 0.0630 e. The summed E-state index contributed by atoms with van der Waals surface area (Å²) in [5, 5.41) is 0. The highest BCUT2D eigenvalue weighted by Crippen LogP contribution is 2.46. The van der Waals surface area contributed by atoms with Gasteiger partial charge in [0.05, 0.1) is 5.69 Å². The van der Waals surface area contributed by atoms with Crippen molar-refractivity contribution in [1.82, 2.24) is 0 Å². The van der Waals surface area contributed by atoms with E-state index in [4.69, 9.17) is 0 Å². The minimum absolute atomic E-state index is 0.00824. The average molecular weight is 381 g/mol. The van der Waals surface area contributed by atoms with Crippen molar-refractivity contribution in [3.05, 3.63) is 82.5 Å². The Balaban J connectivity index is 1.85. The number of aliphatic imine (C=N–C) groups is 1. The van der Waals surface area contributed by atoms with Crippen molar-refractivity contribution >= 4 is 33.5 Å². The molecule has 0 amide bonds. The van der Waals surface area contributed by atoms with Crippen LogP contribution in [-0.4, -0.2) is 13.3 Å². The van der Waals surface area contributed by atoms with E-state index in [1.165, 1.54) is 16.9 Å². The van der Waals surface area contributed by atoms with Gasteiger partial charge in [-0.05, 0) is 51.8 Å². The monoisotopic (exact) mass is 380 g/mol. The van der Waals surface area contributed by atoms with Crippen LogP contribution in [0.15, 0.2) is 81.9 Å². The van der Waals surface area contributed by atoms with Gasteiger partial charge in [0.2, 0.25) is 0 Å². The van der Waals surface area contributed by atoms with Crippen molar-refractivity contribution in [2.75, 3.05) is 11.9 Å². The Morgan fingerprint density at radius 2 is 1.71 bits per heavy atom. The number of allylic oxidation sites excluding steroid dienone is 4. The summed E-state index contributed by atoms with van der Waals surface area (Å²) in [5.74, 6) is 0. The van der Waals surface area contributed by atoms with Gasteiger partial charge in [0, 0.05) is 34.5 Å². The highest BCUT2D eigenvalue weighted by Gasteiger charge is 2.37. The molecular formula is C21H21BrN2. The lowest BCUT2D eigenvalue weighted by Gasteiger charge is -2.23. The zero-order valence-electron chi connectivity index (χ0n) is 14.2. The van der Waals surface area contributed by atoms with E-state index in [1.807, 2.05) is 36.5 Å². The molecular weight excluding hydrogens is 360 g/mol. The molecule has 0 unspecified atom stereocenters. The Bertz CT molecular complexity index is 817. The SMILES string of the molecule is CN1/C(=C\C=C(/Br)C=Nc2ccccc2)C(C)(C)c2ccccc21. The third-order valence-corrected chi connectivity index (χ3v) is 4.90. The average Bonchev–Trinajstić information content (AvgIpc) is 2.79. The van der Waals surface area contributed by atoms with E-state index in [0.29, 0.717) is 0 Å². The quantitative estimate of drug-likeness (QED) is 0.597. The number of fused-ring (bicyclic) bond motifs is 1. The van der Waals surface area contributed by atoms with Gasteiger partial charge in [0.1, 0.15) is 0 Å². The minimum atomic E-state index is -0.00824. The molecule has 122 valence electrons. The molecule has 1 heterocycles. The summed E-state index contributed by atoms with van der Waals surface area (Å²) in [4.78, 5) is 6.73. The van der Waals surface area contributed by atoms with Crippen LogP contribution < -0.4 is 4.90 Å². The number of benzene rings is 2. The van der Waals surface area contributed by atoms with Gasteiger partial charge in [0.25, 0.3) is 0 Å². The first-order valence-corrected chi connectivity index (χ1v) is 8.80. The van der Waals surface area contributed by atoms with Gasteiger partial charge < -0.3 is 4.90 Å². The van der Waals surface area contributed by atoms with Gasteiger partial charge in [-0.15, -0.1) is 0 Å². The lowest BCUT2D eigenvalue weighted by molar-refractivity contribution is 0.640. The molecule has 0 radical (unpaired) electrons. The van der Waals surface area contributed by atoms with Gasteiger partial charge in [-0.1, -0.05) is 50.2 Å². The number of para-hydroxylation sites is 2. The third kappa shape index (κ3) is 3.22. The third-order valence-electron chi connectivity index (χ3n) is 4.43. The van der Waals surface area contributed by atoms with Crippen LogP contribution in [0.4, 0.5) is 11.4 Å². The van der Waals surface area contributed by atoms with Gasteiger partial charge >= 0.3 is 0 Å². The Labute approximate surface area is 152 Å². The lowest BCUT2D eigenvalue weighted by atomic mass is 9.84. The number of hydrogen-bond acceptors (Lipinski definition) is 2. The van der Waals surface area contributed by atoms with E-state index in [2.05, 4.69) is 83.1 Å². The van der Waals surface area contributed by atoms with E-state index in [1.54, 1.807) is 0 Å². The summed E-state index contributed by atoms with van der Waals surface area (Å²) in [5.41, 5.74) is 4.85. The topological polar surface area (TPSA) is 15.6 Å². The molecule has 0 bridgehead atoms. The normalized spacial score (nSPS) is 18.4. The second-order valence-corrected chi connectivity index (χ2v) is 7.31. The van der Waals surface area contributed by atoms with Crippen molar-refractivity contribution < 1.29 is 0 Å². The Hall–Kier alpha value is -2.13. The van der Waals surface area contributed by atoms with E-state index in [-0.39, 0.29) is 5.41 Å². The predicted octanol–water partition coefficient (Wildman–Crippen LogP) is 5.98. The van der Waals surface area contributed by atoms with Crippen molar-refractivity contribution in [2.45, 2.75) is 19.3 Å². The second kappa shape index (κ2) is 6.78. The number of rotatable bonds is 3. The summed E-state index contributed by atoms with van der Waals surface area (Å²) < 4.78 is 0.944. The summed E-state index contributed by atoms with van der Waals surface area (Å²) in [6.07, 6.45) is 6.06. The van der Waals surface area contributed by atoms with Gasteiger partial charge in [-0.25, -0.2) is 0 Å². The molecule has 1 aliphatic rings. The summed E-state index contributed by atoms with van der Waals surface area (Å²) in [7, 11) is 2.12. The fraction of sp³-hybridized carbons (Fsp3) is 0.190. The lowest BCUT2D eigenvalue weighted by Crippen LogP contribution is -2.22. The Kier molecular flexibility index (Phi) is 4.72. The molecule has 0 spiro atoms. The van der Waals surface area contributed by atoms with Crippen LogP contribution in [0.2, 0.25) is 0 Å². The van der Waals surface area contributed by atoms with Gasteiger partial charge in [-0.2, -0.15) is 0 Å². The van der Waals surface area contributed by atoms with Crippen molar-refractivity contribution in [3.8, 4) is 0 Å². The standard InChI is InChI=1S/C21H21BrN2/c1-21(2)18-11-7-8-12-19(18)24(3)20(21)14-13-16(22)15-23-17-9-5-4-6-10-17/h4-15H,1-3H3/b16-13-,20-14-,23-15?. The van der Waals surface area contributed by atoms with Crippen LogP contribution >= 0.6 is 15.9 Å². The molecule has 1 aliphatic heterocycles. The highest BCUT2D eigenvalue weighted by molar-refractivity contribution is 9.12. The largest absolute Gasteiger partial charge is 0.347 e. The molecule has 0 aromatic heterocycles. The summed E-state index contributed by atoms with van der Waals surface area (Å²) >= 11 is 3.58. The second-order valence-electron chi connectivity index (χ2n) is 6.40. The number of nitrogens with zero attached hydrogens (tertiary/aromatic N) is 2. The Morgan fingerprint density at radius 1 is 1.04 bits per heavy atom. The molecule has 2 aromatic carbocycles. The summed E-state index contributed by atoms with van der Waals surface area (Å²) in [6.45, 7) is 4.53. The first-order valence-electron chi connectivity index (χ1n) is 8.00. The van der Waals surface area contributed by atoms with Crippen LogP contribution in [0.25, 0.3) is 0 Å². The van der Waals surface area contributed by atoms with E-state index in [9.17, 15) is 0 Å². The van der Waals surface area contributed by atoms with E-state index < -0.39 is 0 Å². The number of halogens is 1. The van der Waals surface area contributed by atoms with Crippen molar-refractivity contribution in [2.24, 2.45) is 4.99 Å². The highest BCUT2D eigenvalue weighted by atomic mass is 79.9. The fourth-order valence-corrected chi connectivity index (χ4v) is 3.39. The fourth-order valence-electron chi connectivity index (χ4n) is 3.15. The summed E-state index contributed by atoms with van der Waals surface area (Å²) in [6, 6.07) is 18.5. The first kappa shape index (κ1) is 16.7. The molecule has 0 aliphatic carbocycles. The van der Waals surface area contributed by atoms with Gasteiger partial charge in [-0.3, -0.25) is 4.99 Å². The van der Waals surface area contributed by atoms with Crippen molar-refractivity contribution in [3.63, 3.8) is 0 Å². The molecule has 0 N–H and O–H groups in total. The first-order chi connectivity index (χ1) is 11.5. The number of likely N-dealkylation sites (N-methyl/N-ethyl adjacent to an activating group) is 1. The maximum absolute atomic E-state index is 4.46. The predicted molar refractivity (Wildman–Crippen MR) is 108 cm³/mol. The number of hydrogen-bond donors (Lipinski definition) is 0. The van der Waals surface area contributed by atoms with Crippen LogP contribution in [-0.2, 0) is 5.41 Å². The molecule has 3 heteroatoms. The van der Waals surface area contributed by atoms with Gasteiger partial charge in [0.15, 0.2) is 0 Å². The van der Waals surface area contributed by atoms with Crippen LogP contribution in [0, 0.1) is 0 Å². The minimum Gasteiger partial charge on any atom is -0.347 e. The molecule has 0 fully saturated rings. The van der Waals surface area contributed by atoms with E-state index in [0.717, 1.165) is 10.2 Å². The number of anilines is 1. The van der Waals surface area contributed by atoms with Crippen LogP contribution in [0.5, 0.6) is 0 Å². The molecule has 0 atom stereocenters. The van der Waals surface area contributed by atoms with Crippen LogP contribution in [0.3, 0.4) is 0 Å². The Morgan fingerprint density at radius 3 is 2.42 bits per heavy atom. The maximum Gasteiger partial charge on any atom is 0.0630 e. The molecule has 3 rings (SSSR count).